The summed E-state index contributed by atoms with van der Waals surface area (Å²) in [5.41, 5.74) is 1.08. The lowest BCUT2D eigenvalue weighted by molar-refractivity contribution is 0.427. The van der Waals surface area contributed by atoms with E-state index in [1.54, 1.807) is 6.26 Å². The van der Waals surface area contributed by atoms with Crippen molar-refractivity contribution in [2.24, 2.45) is 0 Å². The Balaban J connectivity index is 1.91. The van der Waals surface area contributed by atoms with Gasteiger partial charge in [-0.2, -0.15) is 0 Å². The molecule has 4 heteroatoms. The summed E-state index contributed by atoms with van der Waals surface area (Å²) in [7, 11) is 0. The zero-order chi connectivity index (χ0) is 12.3. The van der Waals surface area contributed by atoms with Crippen molar-refractivity contribution in [1.82, 2.24) is 15.3 Å². The molecule has 0 spiro atoms. The van der Waals surface area contributed by atoms with Gasteiger partial charge in [0, 0.05) is 18.5 Å². The molecule has 2 rings (SSSR count). The van der Waals surface area contributed by atoms with Gasteiger partial charge >= 0.3 is 0 Å². The van der Waals surface area contributed by atoms with Gasteiger partial charge in [-0.15, -0.1) is 0 Å². The summed E-state index contributed by atoms with van der Waals surface area (Å²) in [4.78, 5) is 7.59. The first-order chi connectivity index (χ1) is 8.04. The minimum absolute atomic E-state index is 0.149. The van der Waals surface area contributed by atoms with Gasteiger partial charge in [-0.05, 0) is 32.9 Å². The van der Waals surface area contributed by atoms with Gasteiger partial charge in [0.05, 0.1) is 12.5 Å². The predicted octanol–water partition coefficient (Wildman–Crippen LogP) is 2.60. The highest BCUT2D eigenvalue weighted by atomic mass is 16.3. The molecule has 0 bridgehead atoms. The van der Waals surface area contributed by atoms with Crippen LogP contribution < -0.4 is 5.32 Å². The fraction of sp³-hybridized carbons (Fsp3) is 0.462. The van der Waals surface area contributed by atoms with E-state index in [1.807, 2.05) is 18.3 Å². The highest BCUT2D eigenvalue weighted by Gasteiger charge is 2.09. The summed E-state index contributed by atoms with van der Waals surface area (Å²) in [5.74, 6) is 1.81. The molecule has 2 aromatic rings. The lowest BCUT2D eigenvalue weighted by atomic mass is 10.1. The molecule has 2 heterocycles. The zero-order valence-electron chi connectivity index (χ0n) is 10.6. The average Bonchev–Trinajstić information content (AvgIpc) is 2.83. The largest absolute Gasteiger partial charge is 0.463 e. The molecule has 0 aliphatic heterocycles. The third kappa shape index (κ3) is 3.46. The zero-order valence-corrected chi connectivity index (χ0v) is 10.6. The van der Waals surface area contributed by atoms with E-state index in [0.717, 1.165) is 30.2 Å². The second kappa shape index (κ2) is 4.75. The van der Waals surface area contributed by atoms with Gasteiger partial charge in [0.1, 0.15) is 11.5 Å². The summed E-state index contributed by atoms with van der Waals surface area (Å²) in [6.45, 7) is 7.38. The minimum atomic E-state index is 0.149. The Morgan fingerprint density at radius 3 is 2.88 bits per heavy atom. The number of furan rings is 1. The van der Waals surface area contributed by atoms with Crippen LogP contribution in [0.15, 0.2) is 29.0 Å². The van der Waals surface area contributed by atoms with Gasteiger partial charge in [-0.1, -0.05) is 0 Å². The van der Waals surface area contributed by atoms with E-state index in [9.17, 15) is 0 Å². The van der Waals surface area contributed by atoms with Crippen LogP contribution in [-0.2, 0) is 6.42 Å². The van der Waals surface area contributed by atoms with Crippen LogP contribution >= 0.6 is 0 Å². The van der Waals surface area contributed by atoms with Crippen LogP contribution in [0.3, 0.4) is 0 Å². The molecule has 4 nitrogen and oxygen atoms in total. The van der Waals surface area contributed by atoms with E-state index in [1.165, 1.54) is 0 Å². The van der Waals surface area contributed by atoms with Crippen LogP contribution in [0.4, 0.5) is 0 Å². The Labute approximate surface area is 101 Å². The number of H-pyrrole nitrogens is 1. The van der Waals surface area contributed by atoms with Gasteiger partial charge < -0.3 is 14.7 Å². The smallest absolute Gasteiger partial charge is 0.151 e. The van der Waals surface area contributed by atoms with E-state index < -0.39 is 0 Å². The van der Waals surface area contributed by atoms with E-state index in [4.69, 9.17) is 4.42 Å². The van der Waals surface area contributed by atoms with Crippen molar-refractivity contribution in [3.63, 3.8) is 0 Å². The molecular weight excluding hydrogens is 214 g/mol. The number of imidazole rings is 1. The first-order valence-corrected chi connectivity index (χ1v) is 5.87. The Hall–Kier alpha value is -1.55. The van der Waals surface area contributed by atoms with Gasteiger partial charge in [-0.3, -0.25) is 0 Å². The quantitative estimate of drug-likeness (QED) is 0.853. The van der Waals surface area contributed by atoms with Crippen LogP contribution in [0.25, 0.3) is 11.5 Å². The van der Waals surface area contributed by atoms with Crippen LogP contribution in [0, 0.1) is 0 Å². The van der Waals surface area contributed by atoms with Gasteiger partial charge in [0.15, 0.2) is 5.76 Å². The molecule has 2 aromatic heterocycles. The summed E-state index contributed by atoms with van der Waals surface area (Å²) < 4.78 is 5.30. The Bertz CT molecular complexity index is 451. The average molecular weight is 233 g/mol. The number of hydrogen-bond donors (Lipinski definition) is 2. The SMILES string of the molecule is CC(C)(C)NCCc1ncc(-c2ccco2)[nH]1. The van der Waals surface area contributed by atoms with Crippen molar-refractivity contribution >= 4 is 0 Å². The normalized spacial score (nSPS) is 11.9. The van der Waals surface area contributed by atoms with Gasteiger partial charge in [0.2, 0.25) is 0 Å². The van der Waals surface area contributed by atoms with E-state index in [0.29, 0.717) is 0 Å². The van der Waals surface area contributed by atoms with Crippen molar-refractivity contribution in [2.45, 2.75) is 32.7 Å². The monoisotopic (exact) mass is 233 g/mol. The van der Waals surface area contributed by atoms with Crippen LogP contribution in [0.2, 0.25) is 0 Å². The molecule has 17 heavy (non-hydrogen) atoms. The molecule has 0 fully saturated rings. The summed E-state index contributed by atoms with van der Waals surface area (Å²) in [6, 6.07) is 3.79. The molecule has 0 aliphatic rings. The van der Waals surface area contributed by atoms with Crippen molar-refractivity contribution in [3.8, 4) is 11.5 Å². The summed E-state index contributed by atoms with van der Waals surface area (Å²) in [6.07, 6.45) is 4.36. The van der Waals surface area contributed by atoms with E-state index >= 15 is 0 Å². The summed E-state index contributed by atoms with van der Waals surface area (Å²) >= 11 is 0. The molecule has 0 amide bonds. The number of nitrogens with one attached hydrogen (secondary N) is 2. The third-order valence-electron chi connectivity index (χ3n) is 2.43. The highest BCUT2D eigenvalue weighted by molar-refractivity contribution is 5.50. The maximum Gasteiger partial charge on any atom is 0.151 e. The van der Waals surface area contributed by atoms with Crippen molar-refractivity contribution in [3.05, 3.63) is 30.4 Å². The van der Waals surface area contributed by atoms with Crippen molar-refractivity contribution < 1.29 is 4.42 Å². The van der Waals surface area contributed by atoms with Gasteiger partial charge in [-0.25, -0.2) is 4.98 Å². The Kier molecular flexibility index (Phi) is 3.33. The third-order valence-corrected chi connectivity index (χ3v) is 2.43. The molecule has 0 saturated heterocycles. The fourth-order valence-corrected chi connectivity index (χ4v) is 1.60. The molecule has 2 N–H and O–H groups in total. The highest BCUT2D eigenvalue weighted by Crippen LogP contribution is 2.16. The fourth-order valence-electron chi connectivity index (χ4n) is 1.60. The molecule has 0 aromatic carbocycles. The molecule has 92 valence electrons. The number of aromatic nitrogens is 2. The van der Waals surface area contributed by atoms with Crippen molar-refractivity contribution in [1.29, 1.82) is 0 Å². The Morgan fingerprint density at radius 2 is 2.24 bits per heavy atom. The number of rotatable bonds is 4. The van der Waals surface area contributed by atoms with Crippen molar-refractivity contribution in [2.75, 3.05) is 6.54 Å². The molecule has 0 saturated carbocycles. The topological polar surface area (TPSA) is 53.9 Å². The molecular formula is C13H19N3O. The van der Waals surface area contributed by atoms with Crippen LogP contribution in [0.5, 0.6) is 0 Å². The van der Waals surface area contributed by atoms with E-state index in [2.05, 4.69) is 36.1 Å². The lowest BCUT2D eigenvalue weighted by Gasteiger charge is -2.19. The second-order valence-electron chi connectivity index (χ2n) is 5.15. The maximum absolute atomic E-state index is 5.30. The second-order valence-corrected chi connectivity index (χ2v) is 5.15. The number of aromatic amines is 1. The maximum atomic E-state index is 5.30. The van der Waals surface area contributed by atoms with Crippen LogP contribution in [-0.4, -0.2) is 22.1 Å². The number of nitrogens with zero attached hydrogens (tertiary/aromatic N) is 1. The summed E-state index contributed by atoms with van der Waals surface area (Å²) in [5, 5.41) is 3.43. The molecule has 0 radical (unpaired) electrons. The molecule has 0 atom stereocenters. The minimum Gasteiger partial charge on any atom is -0.463 e. The predicted molar refractivity (Wildman–Crippen MR) is 67.7 cm³/mol. The number of hydrogen-bond acceptors (Lipinski definition) is 3. The Morgan fingerprint density at radius 1 is 1.41 bits per heavy atom. The first-order valence-electron chi connectivity index (χ1n) is 5.87. The van der Waals surface area contributed by atoms with Crippen LogP contribution in [0.1, 0.15) is 26.6 Å². The molecule has 0 aliphatic carbocycles. The van der Waals surface area contributed by atoms with Gasteiger partial charge in [0.25, 0.3) is 0 Å². The standard InChI is InChI=1S/C13H19N3O/c1-13(2,3)15-7-6-12-14-9-10(16-12)11-5-4-8-17-11/h4-5,8-9,15H,6-7H2,1-3H3,(H,14,16). The first kappa shape index (κ1) is 11.9. The molecule has 0 unspecified atom stereocenters. The van der Waals surface area contributed by atoms with E-state index in [-0.39, 0.29) is 5.54 Å². The lowest BCUT2D eigenvalue weighted by Crippen LogP contribution is -2.37.